The number of nitrogens with zero attached hydrogens (tertiary/aromatic N) is 3. The van der Waals surface area contributed by atoms with Gasteiger partial charge in [0.25, 0.3) is 0 Å². The standard InChI is InChI=1S/C45H28N4OS/c1-3-12-27(13-4-1)43-46-44(28-14-5-2-6-15-28)48-45(47-43)29-22-23-32-33-25-34-41(26-39(33)50-38(32)24-29)51-40-21-11-20-37(42(34)40)49-35-18-9-7-16-30(35)31-17-8-10-19-36(31)49/h1-26,43H,(H,46,47,48). The Balaban J connectivity index is 1.08. The lowest BCUT2D eigenvalue weighted by atomic mass is 10.1. The number of thiophene rings is 1. The van der Waals surface area contributed by atoms with Crippen LogP contribution in [0.15, 0.2) is 172 Å². The zero-order chi connectivity index (χ0) is 33.5. The fourth-order valence-electron chi connectivity index (χ4n) is 7.71. The molecule has 7 aromatic carbocycles. The van der Waals surface area contributed by atoms with Gasteiger partial charge in [-0.25, -0.2) is 9.98 Å². The maximum Gasteiger partial charge on any atom is 0.159 e. The molecule has 0 bridgehead atoms. The minimum absolute atomic E-state index is 0.260. The molecule has 0 aliphatic carbocycles. The van der Waals surface area contributed by atoms with Gasteiger partial charge in [-0.3, -0.25) is 0 Å². The van der Waals surface area contributed by atoms with Gasteiger partial charge >= 0.3 is 0 Å². The number of para-hydroxylation sites is 2. The number of nitrogens with one attached hydrogen (secondary N) is 1. The van der Waals surface area contributed by atoms with E-state index in [9.17, 15) is 0 Å². The highest BCUT2D eigenvalue weighted by Gasteiger charge is 2.22. The van der Waals surface area contributed by atoms with E-state index in [0.717, 1.165) is 44.5 Å². The summed E-state index contributed by atoms with van der Waals surface area (Å²) in [4.78, 5) is 10.1. The van der Waals surface area contributed by atoms with E-state index in [1.807, 2.05) is 47.7 Å². The fraction of sp³-hybridized carbons (Fsp3) is 0.0222. The largest absolute Gasteiger partial charge is 0.456 e. The highest BCUT2D eigenvalue weighted by atomic mass is 32.1. The van der Waals surface area contributed by atoms with Crippen LogP contribution in [0.25, 0.3) is 69.6 Å². The number of aromatic nitrogens is 1. The molecule has 1 N–H and O–H groups in total. The first-order valence-corrected chi connectivity index (χ1v) is 17.9. The Hall–Kier alpha value is -6.50. The summed E-state index contributed by atoms with van der Waals surface area (Å²) >= 11 is 1.81. The third-order valence-electron chi connectivity index (χ3n) is 10.1. The summed E-state index contributed by atoms with van der Waals surface area (Å²) < 4.78 is 11.5. The van der Waals surface area contributed by atoms with Gasteiger partial charge < -0.3 is 14.3 Å². The summed E-state index contributed by atoms with van der Waals surface area (Å²) in [5, 5.41) is 10.7. The van der Waals surface area contributed by atoms with Crippen molar-refractivity contribution in [1.82, 2.24) is 9.88 Å². The average Bonchev–Trinajstić information content (AvgIpc) is 3.86. The first-order chi connectivity index (χ1) is 25.3. The topological polar surface area (TPSA) is 54.8 Å². The first-order valence-electron chi connectivity index (χ1n) is 17.1. The van der Waals surface area contributed by atoms with Crippen LogP contribution in [0.4, 0.5) is 0 Å². The molecule has 0 saturated carbocycles. The normalized spacial score (nSPS) is 14.9. The monoisotopic (exact) mass is 672 g/mol. The molecule has 1 unspecified atom stereocenters. The summed E-state index contributed by atoms with van der Waals surface area (Å²) in [6.45, 7) is 0. The van der Waals surface area contributed by atoms with Gasteiger partial charge in [0.15, 0.2) is 5.84 Å². The van der Waals surface area contributed by atoms with Gasteiger partial charge in [0.2, 0.25) is 0 Å². The van der Waals surface area contributed by atoms with E-state index in [0.29, 0.717) is 5.84 Å². The van der Waals surface area contributed by atoms with Gasteiger partial charge in [-0.05, 0) is 54.1 Å². The van der Waals surface area contributed by atoms with Crippen LogP contribution < -0.4 is 5.32 Å². The van der Waals surface area contributed by atoms with E-state index >= 15 is 0 Å². The van der Waals surface area contributed by atoms with E-state index in [-0.39, 0.29) is 6.17 Å². The van der Waals surface area contributed by atoms with Crippen LogP contribution in [-0.2, 0) is 0 Å². The second kappa shape index (κ2) is 11.0. The molecule has 51 heavy (non-hydrogen) atoms. The van der Waals surface area contributed by atoms with Crippen molar-refractivity contribution >= 4 is 86.9 Å². The van der Waals surface area contributed by atoms with Crippen molar-refractivity contribution in [3.05, 3.63) is 174 Å². The predicted octanol–water partition coefficient (Wildman–Crippen LogP) is 11.5. The maximum absolute atomic E-state index is 6.61. The van der Waals surface area contributed by atoms with Gasteiger partial charge in [0, 0.05) is 52.8 Å². The van der Waals surface area contributed by atoms with Gasteiger partial charge in [-0.15, -0.1) is 11.3 Å². The van der Waals surface area contributed by atoms with Gasteiger partial charge in [0.1, 0.15) is 23.2 Å². The van der Waals surface area contributed by atoms with Crippen molar-refractivity contribution in [3.63, 3.8) is 0 Å². The summed E-state index contributed by atoms with van der Waals surface area (Å²) in [6, 6.07) is 55.5. The van der Waals surface area contributed by atoms with Crippen molar-refractivity contribution in [2.45, 2.75) is 6.17 Å². The van der Waals surface area contributed by atoms with E-state index in [1.165, 1.54) is 47.7 Å². The van der Waals surface area contributed by atoms with Crippen molar-refractivity contribution in [3.8, 4) is 5.69 Å². The molecule has 5 nitrogen and oxygen atoms in total. The Morgan fingerprint density at radius 3 is 2.04 bits per heavy atom. The van der Waals surface area contributed by atoms with Crippen LogP contribution in [0.5, 0.6) is 0 Å². The summed E-state index contributed by atoms with van der Waals surface area (Å²) in [7, 11) is 0. The fourth-order valence-corrected chi connectivity index (χ4v) is 8.85. The second-order valence-electron chi connectivity index (χ2n) is 13.0. The molecule has 1 aliphatic heterocycles. The molecule has 0 saturated heterocycles. The molecule has 240 valence electrons. The molecule has 0 amide bonds. The van der Waals surface area contributed by atoms with Crippen LogP contribution in [0.2, 0.25) is 0 Å². The molecule has 11 rings (SSSR count). The molecule has 10 aromatic rings. The van der Waals surface area contributed by atoms with Crippen LogP contribution >= 0.6 is 11.3 Å². The van der Waals surface area contributed by atoms with Crippen molar-refractivity contribution < 1.29 is 4.42 Å². The highest BCUT2D eigenvalue weighted by molar-refractivity contribution is 7.26. The Morgan fingerprint density at radius 2 is 1.25 bits per heavy atom. The molecule has 3 aromatic heterocycles. The van der Waals surface area contributed by atoms with Gasteiger partial charge in [-0.2, -0.15) is 0 Å². The number of aliphatic imine (C=N–C) groups is 2. The third-order valence-corrected chi connectivity index (χ3v) is 11.2. The van der Waals surface area contributed by atoms with Gasteiger partial charge in [-0.1, -0.05) is 109 Å². The molecule has 0 fully saturated rings. The number of hydrogen-bond acceptors (Lipinski definition) is 5. The quantitative estimate of drug-likeness (QED) is 0.202. The Labute approximate surface area is 296 Å². The number of hydrogen-bond donors (Lipinski definition) is 1. The first kappa shape index (κ1) is 28.3. The predicted molar refractivity (Wildman–Crippen MR) is 213 cm³/mol. The molecule has 1 atom stereocenters. The SMILES string of the molecule is c1ccc(C2=NC(c3ccc4c(c3)oc3cc5sc6cccc(-n7c8ccccc8c8ccccc87)c6c5cc34)=NC(c3ccccc3)N2)cc1. The molecule has 4 heterocycles. The number of furan rings is 1. The minimum atomic E-state index is -0.260. The number of benzene rings is 7. The lowest BCUT2D eigenvalue weighted by molar-refractivity contribution is 0.668. The van der Waals surface area contributed by atoms with Crippen molar-refractivity contribution in [2.24, 2.45) is 9.98 Å². The molecule has 6 heteroatoms. The number of fused-ring (bicyclic) bond motifs is 9. The Morgan fingerprint density at radius 1 is 0.549 bits per heavy atom. The zero-order valence-electron chi connectivity index (χ0n) is 27.2. The van der Waals surface area contributed by atoms with Crippen molar-refractivity contribution in [2.75, 3.05) is 0 Å². The zero-order valence-corrected chi connectivity index (χ0v) is 28.1. The van der Waals surface area contributed by atoms with Gasteiger partial charge in [0.05, 0.1) is 16.7 Å². The van der Waals surface area contributed by atoms with Crippen LogP contribution in [0.1, 0.15) is 22.9 Å². The average molecular weight is 673 g/mol. The van der Waals surface area contributed by atoms with Crippen LogP contribution in [-0.4, -0.2) is 16.2 Å². The second-order valence-corrected chi connectivity index (χ2v) is 14.1. The number of rotatable bonds is 4. The molecular weight excluding hydrogens is 645 g/mol. The lowest BCUT2D eigenvalue weighted by Gasteiger charge is -2.23. The summed E-state index contributed by atoms with van der Waals surface area (Å²) in [6.07, 6.45) is -0.260. The molecule has 0 spiro atoms. The highest BCUT2D eigenvalue weighted by Crippen LogP contribution is 2.43. The summed E-state index contributed by atoms with van der Waals surface area (Å²) in [5.41, 5.74) is 8.32. The van der Waals surface area contributed by atoms with Crippen molar-refractivity contribution in [1.29, 1.82) is 0 Å². The molecule has 0 radical (unpaired) electrons. The lowest BCUT2D eigenvalue weighted by Crippen LogP contribution is -2.33. The Kier molecular flexibility index (Phi) is 6.12. The minimum Gasteiger partial charge on any atom is -0.456 e. The molecular formula is C45H28N4OS. The summed E-state index contributed by atoms with van der Waals surface area (Å²) in [5.74, 6) is 1.47. The van der Waals surface area contributed by atoms with E-state index in [2.05, 4.69) is 131 Å². The smallest absolute Gasteiger partial charge is 0.159 e. The third kappa shape index (κ3) is 4.40. The van der Waals surface area contributed by atoms with Crippen LogP contribution in [0, 0.1) is 0 Å². The maximum atomic E-state index is 6.61. The van der Waals surface area contributed by atoms with Crippen LogP contribution in [0.3, 0.4) is 0 Å². The van der Waals surface area contributed by atoms with E-state index in [4.69, 9.17) is 14.4 Å². The number of amidine groups is 2. The molecule has 1 aliphatic rings. The van der Waals surface area contributed by atoms with E-state index < -0.39 is 0 Å². The Bertz CT molecular complexity index is 3010. The van der Waals surface area contributed by atoms with E-state index in [1.54, 1.807) is 0 Å².